The zero-order valence-corrected chi connectivity index (χ0v) is 13.4. The molecule has 2 heteroatoms. The predicted molar refractivity (Wildman–Crippen MR) is 87.0 cm³/mol. The minimum Gasteiger partial charge on any atom is -0.496 e. The maximum Gasteiger partial charge on any atom is 0.125 e. The van der Waals surface area contributed by atoms with E-state index in [0.717, 1.165) is 17.6 Å². The summed E-state index contributed by atoms with van der Waals surface area (Å²) in [5.41, 5.74) is 6.74. The summed E-state index contributed by atoms with van der Waals surface area (Å²) >= 11 is 0. The summed E-state index contributed by atoms with van der Waals surface area (Å²) in [4.78, 5) is 5.02. The molecule has 0 saturated heterocycles. The molecule has 0 amide bonds. The Balaban J connectivity index is 1.84. The molecule has 0 N–H and O–H groups in total. The van der Waals surface area contributed by atoms with Crippen LogP contribution in [0.1, 0.15) is 61.1 Å². The Labute approximate surface area is 127 Å². The summed E-state index contributed by atoms with van der Waals surface area (Å²) in [6.45, 7) is 4.37. The van der Waals surface area contributed by atoms with Crippen LogP contribution in [0.5, 0.6) is 5.75 Å². The summed E-state index contributed by atoms with van der Waals surface area (Å²) < 4.78 is 5.67. The van der Waals surface area contributed by atoms with Gasteiger partial charge in [0.05, 0.1) is 12.8 Å². The number of aryl methyl sites for hydroxylation is 1. The first kappa shape index (κ1) is 13.4. The zero-order valence-electron chi connectivity index (χ0n) is 13.4. The number of aliphatic imine (C=N–C) groups is 1. The SMILES string of the molecule is COc1c(C)cc2c(c1C)C1C(=N2)CCC2CCCCC21. The van der Waals surface area contributed by atoms with Crippen molar-refractivity contribution in [3.8, 4) is 5.75 Å². The first-order valence-corrected chi connectivity index (χ1v) is 8.46. The number of fused-ring (bicyclic) bond motifs is 5. The average Bonchev–Trinajstić information content (AvgIpc) is 2.86. The zero-order chi connectivity index (χ0) is 14.6. The maximum absolute atomic E-state index is 5.67. The van der Waals surface area contributed by atoms with Gasteiger partial charge in [-0.1, -0.05) is 19.3 Å². The smallest absolute Gasteiger partial charge is 0.125 e. The topological polar surface area (TPSA) is 21.6 Å². The van der Waals surface area contributed by atoms with Crippen LogP contribution in [0.2, 0.25) is 0 Å². The quantitative estimate of drug-likeness (QED) is 0.704. The minimum absolute atomic E-state index is 0.591. The lowest BCUT2D eigenvalue weighted by atomic mass is 9.63. The van der Waals surface area contributed by atoms with Crippen LogP contribution in [-0.2, 0) is 0 Å². The van der Waals surface area contributed by atoms with Crippen molar-refractivity contribution in [3.05, 3.63) is 22.8 Å². The molecule has 3 aliphatic rings. The van der Waals surface area contributed by atoms with Crippen molar-refractivity contribution in [2.45, 2.75) is 58.3 Å². The Morgan fingerprint density at radius 2 is 1.95 bits per heavy atom. The fourth-order valence-corrected chi connectivity index (χ4v) is 5.19. The third kappa shape index (κ3) is 1.88. The van der Waals surface area contributed by atoms with Crippen LogP contribution in [0.25, 0.3) is 0 Å². The Morgan fingerprint density at radius 1 is 1.14 bits per heavy atom. The summed E-state index contributed by atoms with van der Waals surface area (Å²) in [6.07, 6.45) is 8.24. The van der Waals surface area contributed by atoms with Gasteiger partial charge < -0.3 is 4.74 Å². The van der Waals surface area contributed by atoms with Crippen molar-refractivity contribution in [1.82, 2.24) is 0 Å². The second-order valence-electron chi connectivity index (χ2n) is 7.11. The maximum atomic E-state index is 5.67. The highest BCUT2D eigenvalue weighted by Crippen LogP contribution is 2.54. The molecule has 0 aromatic heterocycles. The summed E-state index contributed by atoms with van der Waals surface area (Å²) in [6, 6.07) is 2.24. The van der Waals surface area contributed by atoms with Gasteiger partial charge in [0.15, 0.2) is 0 Å². The van der Waals surface area contributed by atoms with Crippen molar-refractivity contribution in [2.75, 3.05) is 7.11 Å². The molecule has 0 spiro atoms. The lowest BCUT2D eigenvalue weighted by molar-refractivity contribution is 0.200. The Bertz CT molecular complexity index is 616. The van der Waals surface area contributed by atoms with E-state index in [0.29, 0.717) is 5.92 Å². The van der Waals surface area contributed by atoms with Gasteiger partial charge in [-0.3, -0.25) is 4.99 Å². The van der Waals surface area contributed by atoms with Crippen LogP contribution in [0.3, 0.4) is 0 Å². The van der Waals surface area contributed by atoms with Gasteiger partial charge >= 0.3 is 0 Å². The van der Waals surface area contributed by atoms with Gasteiger partial charge in [0.1, 0.15) is 5.75 Å². The van der Waals surface area contributed by atoms with E-state index in [1.165, 1.54) is 66.6 Å². The number of hydrogen-bond donors (Lipinski definition) is 0. The van der Waals surface area contributed by atoms with E-state index in [9.17, 15) is 0 Å². The first-order chi connectivity index (χ1) is 10.2. The van der Waals surface area contributed by atoms with Gasteiger partial charge in [0.25, 0.3) is 0 Å². The van der Waals surface area contributed by atoms with E-state index < -0.39 is 0 Å². The minimum atomic E-state index is 0.591. The predicted octanol–water partition coefficient (Wildman–Crippen LogP) is 5.08. The van der Waals surface area contributed by atoms with E-state index in [1.54, 1.807) is 7.11 Å². The molecule has 0 radical (unpaired) electrons. The molecule has 1 heterocycles. The molecule has 1 aliphatic heterocycles. The van der Waals surface area contributed by atoms with Gasteiger partial charge in [0.2, 0.25) is 0 Å². The molecule has 4 rings (SSSR count). The molecule has 2 fully saturated rings. The van der Waals surface area contributed by atoms with Crippen LogP contribution in [0, 0.1) is 25.7 Å². The van der Waals surface area contributed by atoms with Crippen LogP contribution in [0.15, 0.2) is 11.1 Å². The lowest BCUT2D eigenvalue weighted by Crippen LogP contribution is -2.34. The third-order valence-electron chi connectivity index (χ3n) is 6.04. The van der Waals surface area contributed by atoms with Crippen molar-refractivity contribution in [2.24, 2.45) is 16.8 Å². The van der Waals surface area contributed by atoms with Crippen LogP contribution < -0.4 is 4.74 Å². The first-order valence-electron chi connectivity index (χ1n) is 8.46. The van der Waals surface area contributed by atoms with Gasteiger partial charge in [-0.05, 0) is 67.7 Å². The van der Waals surface area contributed by atoms with Crippen molar-refractivity contribution in [3.63, 3.8) is 0 Å². The fraction of sp³-hybridized carbons (Fsp3) is 0.632. The fourth-order valence-electron chi connectivity index (χ4n) is 5.19. The van der Waals surface area contributed by atoms with Crippen molar-refractivity contribution < 1.29 is 4.74 Å². The number of benzene rings is 1. The monoisotopic (exact) mass is 283 g/mol. The number of methoxy groups -OCH3 is 1. The molecular weight excluding hydrogens is 258 g/mol. The van der Waals surface area contributed by atoms with Gasteiger partial charge in [-0.25, -0.2) is 0 Å². The van der Waals surface area contributed by atoms with Crippen LogP contribution >= 0.6 is 0 Å². The van der Waals surface area contributed by atoms with Gasteiger partial charge in [-0.2, -0.15) is 0 Å². The molecule has 112 valence electrons. The Morgan fingerprint density at radius 3 is 2.76 bits per heavy atom. The van der Waals surface area contributed by atoms with E-state index in [-0.39, 0.29) is 0 Å². The number of nitrogens with zero attached hydrogens (tertiary/aromatic N) is 1. The molecule has 21 heavy (non-hydrogen) atoms. The highest BCUT2D eigenvalue weighted by atomic mass is 16.5. The molecule has 1 aromatic rings. The normalized spacial score (nSPS) is 30.2. The Hall–Kier alpha value is -1.31. The third-order valence-corrected chi connectivity index (χ3v) is 6.04. The highest BCUT2D eigenvalue weighted by molar-refractivity contribution is 6.00. The highest BCUT2D eigenvalue weighted by Gasteiger charge is 2.43. The van der Waals surface area contributed by atoms with Crippen molar-refractivity contribution >= 4 is 11.4 Å². The largest absolute Gasteiger partial charge is 0.496 e. The van der Waals surface area contributed by atoms with E-state index in [1.807, 2.05) is 0 Å². The van der Waals surface area contributed by atoms with Gasteiger partial charge in [0, 0.05) is 11.6 Å². The van der Waals surface area contributed by atoms with Gasteiger partial charge in [-0.15, -0.1) is 0 Å². The Kier molecular flexibility index (Phi) is 3.09. The number of rotatable bonds is 1. The molecule has 2 aliphatic carbocycles. The summed E-state index contributed by atoms with van der Waals surface area (Å²) in [5, 5.41) is 0. The number of hydrogen-bond acceptors (Lipinski definition) is 2. The van der Waals surface area contributed by atoms with Crippen LogP contribution in [0.4, 0.5) is 5.69 Å². The standard InChI is InChI=1S/C19H25NO/c1-11-10-16-17(12(2)19(11)21-3)18-14-7-5-4-6-13(14)8-9-15(18)20-16/h10,13-14,18H,4-9H2,1-3H3. The molecule has 2 nitrogen and oxygen atoms in total. The van der Waals surface area contributed by atoms with E-state index >= 15 is 0 Å². The second kappa shape index (κ2) is 4.86. The van der Waals surface area contributed by atoms with E-state index in [2.05, 4.69) is 19.9 Å². The molecule has 1 aromatic carbocycles. The summed E-state index contributed by atoms with van der Waals surface area (Å²) in [7, 11) is 1.79. The molecule has 3 atom stereocenters. The van der Waals surface area contributed by atoms with E-state index in [4.69, 9.17) is 9.73 Å². The van der Waals surface area contributed by atoms with Crippen molar-refractivity contribution in [1.29, 1.82) is 0 Å². The average molecular weight is 283 g/mol. The number of ether oxygens (including phenoxy) is 1. The summed E-state index contributed by atoms with van der Waals surface area (Å²) in [5.74, 6) is 3.43. The molecule has 0 bridgehead atoms. The molecule has 3 unspecified atom stereocenters. The molecule has 2 saturated carbocycles. The lowest BCUT2D eigenvalue weighted by Gasteiger charge is -2.41. The molecular formula is C19H25NO. The second-order valence-corrected chi connectivity index (χ2v) is 7.11. The van der Waals surface area contributed by atoms with Crippen LogP contribution in [-0.4, -0.2) is 12.8 Å².